The summed E-state index contributed by atoms with van der Waals surface area (Å²) in [7, 11) is 0. The molecule has 0 aromatic heterocycles. The highest BCUT2D eigenvalue weighted by molar-refractivity contribution is 7.74. The van der Waals surface area contributed by atoms with Crippen molar-refractivity contribution in [2.45, 2.75) is 0 Å². The Morgan fingerprint density at radius 3 is 2.62 bits per heavy atom. The second-order valence-electron chi connectivity index (χ2n) is 2.03. The molecule has 0 saturated heterocycles. The molecule has 1 rings (SSSR count). The van der Waals surface area contributed by atoms with E-state index in [1.165, 1.54) is 24.3 Å². The van der Waals surface area contributed by atoms with Gasteiger partial charge in [0.25, 0.3) is 0 Å². The molecule has 0 saturated carbocycles. The maximum atomic E-state index is 10.3. The first kappa shape index (κ1) is 9.62. The van der Waals surface area contributed by atoms with E-state index in [1.54, 1.807) is 0 Å². The van der Waals surface area contributed by atoms with Gasteiger partial charge in [-0.15, -0.1) is 0 Å². The Bertz CT molecular complexity index is 353. The van der Waals surface area contributed by atoms with Gasteiger partial charge in [0.15, 0.2) is 0 Å². The zero-order chi connectivity index (χ0) is 9.84. The van der Waals surface area contributed by atoms with Gasteiger partial charge in [0.2, 0.25) is 5.75 Å². The molecule has 1 N–H and O–H groups in total. The van der Waals surface area contributed by atoms with Crippen molar-refractivity contribution in [3.63, 3.8) is 0 Å². The van der Waals surface area contributed by atoms with E-state index in [4.69, 9.17) is 4.55 Å². The first-order chi connectivity index (χ1) is 6.11. The van der Waals surface area contributed by atoms with E-state index in [0.29, 0.717) is 0 Å². The number of benzene rings is 1. The molecule has 0 radical (unpaired) electrons. The lowest BCUT2D eigenvalue weighted by molar-refractivity contribution is -0.385. The molecule has 1 atom stereocenters. The van der Waals surface area contributed by atoms with Crippen LogP contribution in [0.5, 0.6) is 5.75 Å². The van der Waals surface area contributed by atoms with Crippen molar-refractivity contribution in [2.75, 3.05) is 0 Å². The quantitative estimate of drug-likeness (QED) is 0.451. The van der Waals surface area contributed by atoms with Crippen LogP contribution in [0, 0.1) is 10.1 Å². The van der Waals surface area contributed by atoms with Crippen LogP contribution >= 0.6 is 0 Å². The first-order valence-electron chi connectivity index (χ1n) is 3.14. The van der Waals surface area contributed by atoms with E-state index in [0.717, 1.165) is 0 Å². The Balaban J connectivity index is 3.04. The van der Waals surface area contributed by atoms with Crippen molar-refractivity contribution in [2.24, 2.45) is 0 Å². The van der Waals surface area contributed by atoms with Crippen LogP contribution < -0.4 is 4.18 Å². The molecular weight excluding hydrogens is 198 g/mol. The van der Waals surface area contributed by atoms with Crippen LogP contribution in [-0.4, -0.2) is 13.7 Å². The Labute approximate surface area is 75.8 Å². The smallest absolute Gasteiger partial charge is 0.357 e. The van der Waals surface area contributed by atoms with Gasteiger partial charge < -0.3 is 4.18 Å². The van der Waals surface area contributed by atoms with Crippen LogP contribution in [-0.2, 0) is 11.4 Å². The molecule has 0 fully saturated rings. The molecule has 0 heterocycles. The third kappa shape index (κ3) is 2.49. The van der Waals surface area contributed by atoms with Gasteiger partial charge in [-0.1, -0.05) is 12.1 Å². The van der Waals surface area contributed by atoms with Gasteiger partial charge in [-0.25, -0.2) is 0 Å². The Morgan fingerprint density at radius 2 is 2.08 bits per heavy atom. The molecule has 0 bridgehead atoms. The topological polar surface area (TPSA) is 89.7 Å². The summed E-state index contributed by atoms with van der Waals surface area (Å²) in [5.41, 5.74) is -0.343. The molecule has 70 valence electrons. The third-order valence-electron chi connectivity index (χ3n) is 1.22. The van der Waals surface area contributed by atoms with Crippen molar-refractivity contribution < 1.29 is 17.9 Å². The number of hydrogen-bond acceptors (Lipinski definition) is 4. The second-order valence-corrected chi connectivity index (χ2v) is 2.63. The van der Waals surface area contributed by atoms with Crippen LogP contribution in [0.2, 0.25) is 0 Å². The average molecular weight is 203 g/mol. The number of nitrogens with zero attached hydrogens (tertiary/aromatic N) is 1. The van der Waals surface area contributed by atoms with Crippen molar-refractivity contribution in [3.8, 4) is 5.75 Å². The van der Waals surface area contributed by atoms with E-state index < -0.39 is 16.3 Å². The fraction of sp³-hybridized carbons (Fsp3) is 0. The fourth-order valence-corrected chi connectivity index (χ4v) is 1.05. The van der Waals surface area contributed by atoms with Gasteiger partial charge in [0, 0.05) is 6.07 Å². The van der Waals surface area contributed by atoms with E-state index in [2.05, 4.69) is 4.18 Å². The second kappa shape index (κ2) is 3.97. The molecule has 0 aliphatic carbocycles. The number of nitro benzene ring substituents is 1. The highest BCUT2D eigenvalue weighted by Gasteiger charge is 2.15. The molecule has 6 nitrogen and oxygen atoms in total. The predicted molar refractivity (Wildman–Crippen MR) is 44.5 cm³/mol. The van der Waals surface area contributed by atoms with Crippen molar-refractivity contribution in [1.82, 2.24) is 0 Å². The number of rotatable bonds is 3. The summed E-state index contributed by atoms with van der Waals surface area (Å²) in [6.07, 6.45) is 0. The molecule has 1 aromatic rings. The molecule has 0 amide bonds. The van der Waals surface area contributed by atoms with E-state index in [-0.39, 0.29) is 11.4 Å². The molecule has 13 heavy (non-hydrogen) atoms. The van der Waals surface area contributed by atoms with Gasteiger partial charge in [0.05, 0.1) is 4.92 Å². The monoisotopic (exact) mass is 203 g/mol. The summed E-state index contributed by atoms with van der Waals surface area (Å²) < 4.78 is 22.8. The summed E-state index contributed by atoms with van der Waals surface area (Å²) in [6.45, 7) is 0. The molecule has 7 heteroatoms. The lowest BCUT2D eigenvalue weighted by atomic mass is 10.3. The maximum Gasteiger partial charge on any atom is 0.357 e. The lowest BCUT2D eigenvalue weighted by Gasteiger charge is -1.99. The van der Waals surface area contributed by atoms with Gasteiger partial charge in [-0.3, -0.25) is 14.7 Å². The molecule has 0 aliphatic heterocycles. The minimum absolute atomic E-state index is 0.228. The molecule has 0 spiro atoms. The summed E-state index contributed by atoms with van der Waals surface area (Å²) in [5.74, 6) is -0.228. The third-order valence-corrected chi connectivity index (χ3v) is 1.55. The summed E-state index contributed by atoms with van der Waals surface area (Å²) in [5, 5.41) is 10.3. The largest absolute Gasteiger partial charge is 0.373 e. The van der Waals surface area contributed by atoms with Gasteiger partial charge >= 0.3 is 17.0 Å². The SMILES string of the molecule is O=[N+]([O-])c1ccccc1OS(=O)O. The fourth-order valence-electron chi connectivity index (χ4n) is 0.755. The molecular formula is C6H5NO5S. The maximum absolute atomic E-state index is 10.3. The van der Waals surface area contributed by atoms with E-state index >= 15 is 0 Å². The van der Waals surface area contributed by atoms with Gasteiger partial charge in [-0.2, -0.15) is 4.21 Å². The van der Waals surface area contributed by atoms with Crippen LogP contribution in [0.3, 0.4) is 0 Å². The molecule has 1 unspecified atom stereocenters. The van der Waals surface area contributed by atoms with Crippen molar-refractivity contribution in [3.05, 3.63) is 34.4 Å². The minimum atomic E-state index is -2.55. The van der Waals surface area contributed by atoms with Gasteiger partial charge in [-0.05, 0) is 6.07 Å². The Hall–Kier alpha value is -1.47. The number of nitro groups is 1. The summed E-state index contributed by atoms with van der Waals surface area (Å²) in [6, 6.07) is 5.33. The van der Waals surface area contributed by atoms with Crippen LogP contribution in [0.4, 0.5) is 5.69 Å². The molecule has 0 aliphatic rings. The average Bonchev–Trinajstić information content (AvgIpc) is 2.03. The van der Waals surface area contributed by atoms with E-state index in [9.17, 15) is 14.3 Å². The zero-order valence-corrected chi connectivity index (χ0v) is 7.06. The first-order valence-corrected chi connectivity index (χ1v) is 4.17. The standard InChI is InChI=1S/C6H5NO5S/c8-7(9)5-3-1-2-4-6(5)12-13(10)11/h1-4H,(H,10,11). The Morgan fingerprint density at radius 1 is 1.46 bits per heavy atom. The van der Waals surface area contributed by atoms with Crippen molar-refractivity contribution >= 4 is 17.0 Å². The van der Waals surface area contributed by atoms with Gasteiger partial charge in [0.1, 0.15) is 0 Å². The lowest BCUT2D eigenvalue weighted by Crippen LogP contribution is -2.00. The highest BCUT2D eigenvalue weighted by Crippen LogP contribution is 2.25. The number of hydrogen-bond donors (Lipinski definition) is 1. The molecule has 1 aromatic carbocycles. The predicted octanol–water partition coefficient (Wildman–Crippen LogP) is 1.11. The minimum Gasteiger partial charge on any atom is -0.373 e. The van der Waals surface area contributed by atoms with Crippen LogP contribution in [0.1, 0.15) is 0 Å². The highest BCUT2D eigenvalue weighted by atomic mass is 32.2. The summed E-state index contributed by atoms with van der Waals surface area (Å²) in [4.78, 5) is 9.66. The van der Waals surface area contributed by atoms with Crippen LogP contribution in [0.25, 0.3) is 0 Å². The normalized spacial score (nSPS) is 12.1. The Kier molecular flexibility index (Phi) is 2.93. The summed E-state index contributed by atoms with van der Waals surface area (Å²) >= 11 is -2.55. The van der Waals surface area contributed by atoms with Crippen LogP contribution in [0.15, 0.2) is 24.3 Å². The number of para-hydroxylation sites is 2. The zero-order valence-electron chi connectivity index (χ0n) is 6.25. The van der Waals surface area contributed by atoms with E-state index in [1.807, 2.05) is 0 Å². The van der Waals surface area contributed by atoms with Crippen molar-refractivity contribution in [1.29, 1.82) is 0 Å².